The van der Waals surface area contributed by atoms with Gasteiger partial charge in [-0.05, 0) is 66.6 Å². The SMILES string of the molecule is CC(C)CCC(CCC(C)(C)C)(CCC(C)(C)C)CC(C)C. The molecule has 0 heterocycles. The molecule has 0 nitrogen and oxygen atoms in total. The van der Waals surface area contributed by atoms with E-state index in [0.717, 1.165) is 11.8 Å². The molecule has 0 aliphatic heterocycles. The van der Waals surface area contributed by atoms with Gasteiger partial charge in [0, 0.05) is 0 Å². The van der Waals surface area contributed by atoms with Gasteiger partial charge in [0.05, 0.1) is 0 Å². The van der Waals surface area contributed by atoms with E-state index < -0.39 is 0 Å². The number of hydrogen-bond donors (Lipinski definition) is 0. The summed E-state index contributed by atoms with van der Waals surface area (Å²) >= 11 is 0. The summed E-state index contributed by atoms with van der Waals surface area (Å²) in [6, 6.07) is 0. The van der Waals surface area contributed by atoms with Crippen LogP contribution < -0.4 is 0 Å². The summed E-state index contributed by atoms with van der Waals surface area (Å²) in [5.74, 6) is 1.64. The van der Waals surface area contributed by atoms with Gasteiger partial charge in [0.1, 0.15) is 0 Å². The normalized spacial score (nSPS) is 14.2. The van der Waals surface area contributed by atoms with Crippen molar-refractivity contribution >= 4 is 0 Å². The first-order chi connectivity index (χ1) is 9.75. The predicted octanol–water partition coefficient (Wildman–Crippen LogP) is 8.11. The van der Waals surface area contributed by atoms with Crippen molar-refractivity contribution in [3.8, 4) is 0 Å². The highest BCUT2D eigenvalue weighted by molar-refractivity contribution is 4.84. The average Bonchev–Trinajstić information content (AvgIpc) is 2.28. The zero-order valence-electron chi connectivity index (χ0n) is 17.6. The molecular formula is C22H46. The minimum absolute atomic E-state index is 0.460. The topological polar surface area (TPSA) is 0 Å². The van der Waals surface area contributed by atoms with Gasteiger partial charge in [0.2, 0.25) is 0 Å². The Hall–Kier alpha value is 0. The minimum Gasteiger partial charge on any atom is -0.0628 e. The van der Waals surface area contributed by atoms with Crippen LogP contribution in [-0.2, 0) is 0 Å². The second-order valence-corrected chi connectivity index (χ2v) is 11.2. The molecule has 0 amide bonds. The fourth-order valence-corrected chi connectivity index (χ4v) is 3.42. The molecular weight excluding hydrogens is 264 g/mol. The molecule has 0 unspecified atom stereocenters. The molecule has 0 rings (SSSR count). The summed E-state index contributed by atoms with van der Waals surface area (Å²) in [6.07, 6.45) is 9.78. The number of rotatable bonds is 9. The monoisotopic (exact) mass is 310 g/mol. The predicted molar refractivity (Wildman–Crippen MR) is 103 cm³/mol. The van der Waals surface area contributed by atoms with E-state index >= 15 is 0 Å². The first-order valence-electron chi connectivity index (χ1n) is 9.75. The number of hydrogen-bond acceptors (Lipinski definition) is 0. The van der Waals surface area contributed by atoms with E-state index in [-0.39, 0.29) is 0 Å². The van der Waals surface area contributed by atoms with Crippen molar-refractivity contribution in [2.24, 2.45) is 28.1 Å². The highest BCUT2D eigenvalue weighted by atomic mass is 14.4. The van der Waals surface area contributed by atoms with Gasteiger partial charge in [-0.25, -0.2) is 0 Å². The van der Waals surface area contributed by atoms with Crippen LogP contribution in [0.2, 0.25) is 0 Å². The third kappa shape index (κ3) is 11.6. The van der Waals surface area contributed by atoms with Gasteiger partial charge < -0.3 is 0 Å². The molecule has 0 aromatic heterocycles. The lowest BCUT2D eigenvalue weighted by Gasteiger charge is -2.40. The molecule has 0 aliphatic carbocycles. The minimum atomic E-state index is 0.460. The lowest BCUT2D eigenvalue weighted by molar-refractivity contribution is 0.117. The molecule has 22 heavy (non-hydrogen) atoms. The Balaban J connectivity index is 5.11. The van der Waals surface area contributed by atoms with Crippen molar-refractivity contribution in [3.05, 3.63) is 0 Å². The Morgan fingerprint density at radius 1 is 0.545 bits per heavy atom. The summed E-state index contributed by atoms with van der Waals surface area (Å²) in [7, 11) is 0. The highest BCUT2D eigenvalue weighted by Gasteiger charge is 2.33. The lowest BCUT2D eigenvalue weighted by Crippen LogP contribution is -2.27. The Morgan fingerprint density at radius 3 is 1.23 bits per heavy atom. The summed E-state index contributed by atoms with van der Waals surface area (Å²) < 4.78 is 0. The quantitative estimate of drug-likeness (QED) is 0.403. The molecule has 0 N–H and O–H groups in total. The zero-order valence-corrected chi connectivity index (χ0v) is 17.6. The molecule has 0 aliphatic rings. The fourth-order valence-electron chi connectivity index (χ4n) is 3.42. The van der Waals surface area contributed by atoms with Crippen LogP contribution in [0.25, 0.3) is 0 Å². The van der Waals surface area contributed by atoms with Gasteiger partial charge in [-0.15, -0.1) is 0 Å². The van der Waals surface area contributed by atoms with Crippen molar-refractivity contribution < 1.29 is 0 Å². The van der Waals surface area contributed by atoms with Crippen molar-refractivity contribution in [1.82, 2.24) is 0 Å². The molecule has 134 valence electrons. The van der Waals surface area contributed by atoms with Crippen LogP contribution in [0.4, 0.5) is 0 Å². The first kappa shape index (κ1) is 22.0. The molecule has 0 bridgehead atoms. The van der Waals surface area contributed by atoms with E-state index in [9.17, 15) is 0 Å². The maximum atomic E-state index is 2.41. The van der Waals surface area contributed by atoms with Crippen LogP contribution in [0, 0.1) is 28.1 Å². The summed E-state index contributed by atoms with van der Waals surface area (Å²) in [4.78, 5) is 0. The third-order valence-electron chi connectivity index (χ3n) is 4.90. The fraction of sp³-hybridized carbons (Fsp3) is 1.00. The Labute approximate surface area is 142 Å². The van der Waals surface area contributed by atoms with Gasteiger partial charge in [-0.2, -0.15) is 0 Å². The molecule has 0 radical (unpaired) electrons. The first-order valence-corrected chi connectivity index (χ1v) is 9.75. The van der Waals surface area contributed by atoms with Crippen LogP contribution in [0.5, 0.6) is 0 Å². The van der Waals surface area contributed by atoms with Crippen LogP contribution in [0.15, 0.2) is 0 Å². The Kier molecular flexibility index (Phi) is 8.74. The molecule has 0 atom stereocenters. The van der Waals surface area contributed by atoms with Crippen LogP contribution in [0.3, 0.4) is 0 Å². The van der Waals surface area contributed by atoms with E-state index in [2.05, 4.69) is 69.2 Å². The molecule has 0 saturated heterocycles. The van der Waals surface area contributed by atoms with Gasteiger partial charge in [0.25, 0.3) is 0 Å². The second-order valence-electron chi connectivity index (χ2n) is 11.2. The van der Waals surface area contributed by atoms with Crippen molar-refractivity contribution in [1.29, 1.82) is 0 Å². The van der Waals surface area contributed by atoms with Crippen molar-refractivity contribution in [2.45, 2.75) is 114 Å². The largest absolute Gasteiger partial charge is 0.0628 e. The van der Waals surface area contributed by atoms with E-state index in [0.29, 0.717) is 16.2 Å². The van der Waals surface area contributed by atoms with Crippen LogP contribution in [0.1, 0.15) is 114 Å². The molecule has 0 saturated carbocycles. The van der Waals surface area contributed by atoms with Crippen molar-refractivity contribution in [3.63, 3.8) is 0 Å². The van der Waals surface area contributed by atoms with Crippen LogP contribution in [-0.4, -0.2) is 0 Å². The molecule has 0 aromatic rings. The molecule has 0 aromatic carbocycles. The Morgan fingerprint density at radius 2 is 0.955 bits per heavy atom. The summed E-state index contributed by atoms with van der Waals surface area (Å²) in [6.45, 7) is 24.0. The highest BCUT2D eigenvalue weighted by Crippen LogP contribution is 2.46. The maximum absolute atomic E-state index is 2.41. The van der Waals surface area contributed by atoms with E-state index in [1.165, 1.54) is 44.9 Å². The third-order valence-corrected chi connectivity index (χ3v) is 4.90. The van der Waals surface area contributed by atoms with Gasteiger partial charge in [-0.3, -0.25) is 0 Å². The molecule has 0 fully saturated rings. The van der Waals surface area contributed by atoms with E-state index in [1.807, 2.05) is 0 Å². The van der Waals surface area contributed by atoms with Gasteiger partial charge in [-0.1, -0.05) is 75.7 Å². The van der Waals surface area contributed by atoms with E-state index in [1.54, 1.807) is 0 Å². The van der Waals surface area contributed by atoms with Gasteiger partial charge in [0.15, 0.2) is 0 Å². The summed E-state index contributed by atoms with van der Waals surface area (Å²) in [5.41, 5.74) is 1.49. The smallest absolute Gasteiger partial charge is 0.0295 e. The molecule has 0 heteroatoms. The lowest BCUT2D eigenvalue weighted by atomic mass is 9.65. The van der Waals surface area contributed by atoms with E-state index in [4.69, 9.17) is 0 Å². The summed E-state index contributed by atoms with van der Waals surface area (Å²) in [5, 5.41) is 0. The molecule has 0 spiro atoms. The zero-order chi connectivity index (χ0) is 17.6. The standard InChI is InChI=1S/C22H46/c1-18(2)11-12-22(17-19(3)4,15-13-20(5,6)7)16-14-21(8,9)10/h18-19H,11-17H2,1-10H3. The van der Waals surface area contributed by atoms with Crippen LogP contribution >= 0.6 is 0 Å². The average molecular weight is 311 g/mol. The maximum Gasteiger partial charge on any atom is -0.0295 e. The van der Waals surface area contributed by atoms with Crippen molar-refractivity contribution in [2.75, 3.05) is 0 Å². The second kappa shape index (κ2) is 8.74. The van der Waals surface area contributed by atoms with Gasteiger partial charge >= 0.3 is 0 Å². The Bertz CT molecular complexity index is 264.